The van der Waals surface area contributed by atoms with Crippen molar-refractivity contribution in [3.8, 4) is 6.07 Å². The molecule has 0 spiro atoms. The van der Waals surface area contributed by atoms with Gasteiger partial charge in [0.05, 0.1) is 27.2 Å². The van der Waals surface area contributed by atoms with Crippen molar-refractivity contribution < 1.29 is 18.0 Å². The third-order valence-electron chi connectivity index (χ3n) is 4.01. The Kier molecular flexibility index (Phi) is 6.63. The predicted octanol–water partition coefficient (Wildman–Crippen LogP) is 5.35. The first kappa shape index (κ1) is 22.3. The van der Waals surface area contributed by atoms with Gasteiger partial charge in [0.15, 0.2) is 5.69 Å². The molecule has 158 valence electrons. The molecule has 1 amide bonds. The first-order valence-corrected chi connectivity index (χ1v) is 9.36. The molecule has 0 aliphatic carbocycles. The van der Waals surface area contributed by atoms with Crippen LogP contribution in [0.4, 0.5) is 24.8 Å². The number of rotatable bonds is 5. The Bertz CT molecular complexity index is 1160. The highest BCUT2D eigenvalue weighted by Gasteiger charge is 2.38. The summed E-state index contributed by atoms with van der Waals surface area (Å²) in [6, 6.07) is 12.5. The number of amides is 1. The third kappa shape index (κ3) is 5.63. The first-order chi connectivity index (χ1) is 14.7. The summed E-state index contributed by atoms with van der Waals surface area (Å²) in [5.74, 6) is -1.35. The summed E-state index contributed by atoms with van der Waals surface area (Å²) in [6.45, 7) is -0.0366. The lowest BCUT2D eigenvalue weighted by Crippen LogP contribution is -2.27. The first-order valence-electron chi connectivity index (χ1n) is 8.61. The van der Waals surface area contributed by atoms with Gasteiger partial charge < -0.3 is 10.6 Å². The molecule has 6 nitrogen and oxygen atoms in total. The minimum Gasteiger partial charge on any atom is -0.348 e. The van der Waals surface area contributed by atoms with E-state index in [4.69, 9.17) is 28.5 Å². The largest absolute Gasteiger partial charge is 0.434 e. The smallest absolute Gasteiger partial charge is 0.348 e. The highest BCUT2D eigenvalue weighted by atomic mass is 35.5. The van der Waals surface area contributed by atoms with E-state index < -0.39 is 23.3 Å². The van der Waals surface area contributed by atoms with E-state index in [-0.39, 0.29) is 22.5 Å². The molecule has 1 aromatic heterocycles. The van der Waals surface area contributed by atoms with Gasteiger partial charge in [-0.15, -0.1) is 0 Å². The van der Waals surface area contributed by atoms with Crippen LogP contribution in [0.3, 0.4) is 0 Å². The van der Waals surface area contributed by atoms with Crippen LogP contribution in [0.5, 0.6) is 0 Å². The lowest BCUT2D eigenvalue weighted by molar-refractivity contribution is -0.141. The molecule has 31 heavy (non-hydrogen) atoms. The standard InChI is InChI=1S/C20H12Cl2F3N5O/c21-15-6-5-13(7-16(15)22)29-19-28-10-14(17(30-19)20(23,24)25)18(31)27-9-12-3-1-11(8-26)2-4-12/h1-7,10H,9H2,(H,27,31)(H,28,29,30). The Morgan fingerprint density at radius 3 is 2.42 bits per heavy atom. The minimum atomic E-state index is -4.89. The van der Waals surface area contributed by atoms with Crippen molar-refractivity contribution in [3.05, 3.63) is 81.1 Å². The average molecular weight is 466 g/mol. The molecule has 0 aliphatic heterocycles. The van der Waals surface area contributed by atoms with Crippen LogP contribution in [0.2, 0.25) is 10.0 Å². The van der Waals surface area contributed by atoms with Gasteiger partial charge in [0, 0.05) is 18.4 Å². The zero-order chi connectivity index (χ0) is 22.6. The second kappa shape index (κ2) is 9.20. The van der Waals surface area contributed by atoms with Crippen molar-refractivity contribution >= 4 is 40.7 Å². The van der Waals surface area contributed by atoms with E-state index in [1.165, 1.54) is 30.3 Å². The number of hydrogen-bond acceptors (Lipinski definition) is 5. The molecule has 0 fully saturated rings. The molecule has 11 heteroatoms. The second-order valence-electron chi connectivity index (χ2n) is 6.20. The quantitative estimate of drug-likeness (QED) is 0.529. The lowest BCUT2D eigenvalue weighted by Gasteiger charge is -2.14. The van der Waals surface area contributed by atoms with Crippen molar-refractivity contribution in [1.29, 1.82) is 5.26 Å². The van der Waals surface area contributed by atoms with Crippen LogP contribution in [-0.4, -0.2) is 15.9 Å². The van der Waals surface area contributed by atoms with E-state index in [0.717, 1.165) is 6.20 Å². The number of carbonyl (C=O) groups excluding carboxylic acids is 1. The summed E-state index contributed by atoms with van der Waals surface area (Å²) in [6.07, 6.45) is -4.10. The summed E-state index contributed by atoms with van der Waals surface area (Å²) >= 11 is 11.7. The van der Waals surface area contributed by atoms with Crippen LogP contribution in [-0.2, 0) is 12.7 Å². The van der Waals surface area contributed by atoms with Gasteiger partial charge in [-0.25, -0.2) is 9.97 Å². The van der Waals surface area contributed by atoms with Crippen molar-refractivity contribution in [2.75, 3.05) is 5.32 Å². The zero-order valence-corrected chi connectivity index (χ0v) is 17.0. The van der Waals surface area contributed by atoms with E-state index in [1.54, 1.807) is 12.1 Å². The molecular weight excluding hydrogens is 454 g/mol. The Morgan fingerprint density at radius 1 is 1.10 bits per heavy atom. The highest BCUT2D eigenvalue weighted by Crippen LogP contribution is 2.32. The summed E-state index contributed by atoms with van der Waals surface area (Å²) < 4.78 is 40.6. The lowest BCUT2D eigenvalue weighted by atomic mass is 10.1. The van der Waals surface area contributed by atoms with Crippen LogP contribution in [0.15, 0.2) is 48.7 Å². The average Bonchev–Trinajstić information content (AvgIpc) is 2.74. The topological polar surface area (TPSA) is 90.7 Å². The number of nitrogens with zero attached hydrogens (tertiary/aromatic N) is 3. The fourth-order valence-corrected chi connectivity index (χ4v) is 2.80. The number of hydrogen-bond donors (Lipinski definition) is 2. The molecule has 0 aliphatic rings. The number of nitriles is 1. The number of nitrogens with one attached hydrogen (secondary N) is 2. The Hall–Kier alpha value is -3.35. The normalized spacial score (nSPS) is 11.0. The van der Waals surface area contributed by atoms with E-state index >= 15 is 0 Å². The zero-order valence-electron chi connectivity index (χ0n) is 15.5. The molecular formula is C20H12Cl2F3N5O. The van der Waals surface area contributed by atoms with Crippen molar-refractivity contribution in [2.45, 2.75) is 12.7 Å². The number of benzene rings is 2. The molecule has 2 aromatic carbocycles. The highest BCUT2D eigenvalue weighted by molar-refractivity contribution is 6.42. The van der Waals surface area contributed by atoms with Gasteiger partial charge in [0.25, 0.3) is 5.91 Å². The van der Waals surface area contributed by atoms with Crippen LogP contribution >= 0.6 is 23.2 Å². The summed E-state index contributed by atoms with van der Waals surface area (Å²) in [5, 5.41) is 14.2. The van der Waals surface area contributed by atoms with Gasteiger partial charge in [-0.05, 0) is 35.9 Å². The molecule has 0 saturated heterocycles. The van der Waals surface area contributed by atoms with Crippen LogP contribution < -0.4 is 10.6 Å². The van der Waals surface area contributed by atoms with Gasteiger partial charge in [-0.2, -0.15) is 18.4 Å². The maximum atomic E-state index is 13.5. The number of halogens is 5. The molecule has 3 aromatic rings. The molecule has 0 radical (unpaired) electrons. The Labute approximate surface area is 184 Å². The molecule has 0 bridgehead atoms. The number of alkyl halides is 3. The van der Waals surface area contributed by atoms with Crippen molar-refractivity contribution in [1.82, 2.24) is 15.3 Å². The molecule has 0 unspecified atom stereocenters. The monoisotopic (exact) mass is 465 g/mol. The molecule has 0 atom stereocenters. The van der Waals surface area contributed by atoms with Gasteiger partial charge in [0.2, 0.25) is 5.95 Å². The van der Waals surface area contributed by atoms with Crippen molar-refractivity contribution in [2.24, 2.45) is 0 Å². The summed E-state index contributed by atoms with van der Waals surface area (Å²) in [5.41, 5.74) is -0.753. The second-order valence-corrected chi connectivity index (χ2v) is 7.01. The van der Waals surface area contributed by atoms with Gasteiger partial charge in [0.1, 0.15) is 0 Å². The van der Waals surface area contributed by atoms with E-state index in [9.17, 15) is 18.0 Å². The SMILES string of the molecule is N#Cc1ccc(CNC(=O)c2cnc(Nc3ccc(Cl)c(Cl)c3)nc2C(F)(F)F)cc1. The fourth-order valence-electron chi connectivity index (χ4n) is 2.50. The molecule has 0 saturated carbocycles. The molecule has 3 rings (SSSR count). The van der Waals surface area contributed by atoms with Gasteiger partial charge in [-0.1, -0.05) is 35.3 Å². The van der Waals surface area contributed by atoms with Gasteiger partial charge in [-0.3, -0.25) is 4.79 Å². The maximum Gasteiger partial charge on any atom is 0.434 e. The molecule has 1 heterocycles. The number of anilines is 2. The fraction of sp³-hybridized carbons (Fsp3) is 0.100. The van der Waals surface area contributed by atoms with E-state index in [2.05, 4.69) is 20.6 Å². The van der Waals surface area contributed by atoms with Crippen LogP contribution in [0, 0.1) is 11.3 Å². The predicted molar refractivity (Wildman–Crippen MR) is 109 cm³/mol. The number of aromatic nitrogens is 2. The maximum absolute atomic E-state index is 13.5. The number of carbonyl (C=O) groups is 1. The van der Waals surface area contributed by atoms with E-state index in [1.807, 2.05) is 6.07 Å². The van der Waals surface area contributed by atoms with Crippen molar-refractivity contribution in [3.63, 3.8) is 0 Å². The Morgan fingerprint density at radius 2 is 1.81 bits per heavy atom. The van der Waals surface area contributed by atoms with Crippen LogP contribution in [0.25, 0.3) is 0 Å². The summed E-state index contributed by atoms with van der Waals surface area (Å²) in [4.78, 5) is 19.6. The minimum absolute atomic E-state index is 0.0366. The third-order valence-corrected chi connectivity index (χ3v) is 4.75. The van der Waals surface area contributed by atoms with Crippen LogP contribution in [0.1, 0.15) is 27.2 Å². The van der Waals surface area contributed by atoms with Gasteiger partial charge >= 0.3 is 6.18 Å². The van der Waals surface area contributed by atoms with E-state index in [0.29, 0.717) is 16.8 Å². The Balaban J connectivity index is 1.81. The summed E-state index contributed by atoms with van der Waals surface area (Å²) in [7, 11) is 0. The molecule has 2 N–H and O–H groups in total.